The van der Waals surface area contributed by atoms with E-state index < -0.39 is 0 Å². The van der Waals surface area contributed by atoms with Crippen molar-refractivity contribution in [3.05, 3.63) is 18.0 Å². The van der Waals surface area contributed by atoms with E-state index in [9.17, 15) is 4.79 Å². The normalized spacial score (nSPS) is 17.9. The van der Waals surface area contributed by atoms with Crippen molar-refractivity contribution in [2.75, 3.05) is 7.05 Å². The third kappa shape index (κ3) is 2.41. The van der Waals surface area contributed by atoms with Crippen LogP contribution in [0.15, 0.2) is 12.4 Å². The second kappa shape index (κ2) is 4.25. The molecule has 1 aromatic rings. The van der Waals surface area contributed by atoms with Crippen LogP contribution in [0, 0.1) is 0 Å². The summed E-state index contributed by atoms with van der Waals surface area (Å²) in [7, 11) is 1.80. The summed E-state index contributed by atoms with van der Waals surface area (Å²) in [6, 6.07) is 0. The SMILES string of the molecule is CN(Cc1cn[nH]c1)C(=O)CC1(N)CCC1. The lowest BCUT2D eigenvalue weighted by Gasteiger charge is -2.38. The fraction of sp³-hybridized carbons (Fsp3) is 0.636. The average molecular weight is 222 g/mol. The van der Waals surface area contributed by atoms with Crippen molar-refractivity contribution >= 4 is 5.91 Å². The number of hydrogen-bond acceptors (Lipinski definition) is 3. The Morgan fingerprint density at radius 1 is 1.69 bits per heavy atom. The summed E-state index contributed by atoms with van der Waals surface area (Å²) in [6.45, 7) is 0.589. The highest BCUT2D eigenvalue weighted by Gasteiger charge is 2.35. The predicted octanol–water partition coefficient (Wildman–Crippen LogP) is 0.640. The van der Waals surface area contributed by atoms with Gasteiger partial charge in [0.2, 0.25) is 5.91 Å². The molecule has 1 fully saturated rings. The van der Waals surface area contributed by atoms with E-state index in [0.29, 0.717) is 13.0 Å². The molecule has 1 aliphatic rings. The molecule has 1 aromatic heterocycles. The van der Waals surface area contributed by atoms with E-state index in [2.05, 4.69) is 10.2 Å². The van der Waals surface area contributed by atoms with Gasteiger partial charge in [-0.1, -0.05) is 0 Å². The van der Waals surface area contributed by atoms with Gasteiger partial charge in [0.25, 0.3) is 0 Å². The quantitative estimate of drug-likeness (QED) is 0.785. The first-order valence-electron chi connectivity index (χ1n) is 5.60. The van der Waals surface area contributed by atoms with Gasteiger partial charge >= 0.3 is 0 Å². The number of aromatic amines is 1. The first-order chi connectivity index (χ1) is 7.59. The minimum absolute atomic E-state index is 0.114. The van der Waals surface area contributed by atoms with Crippen LogP contribution in [0.1, 0.15) is 31.2 Å². The van der Waals surface area contributed by atoms with Crippen molar-refractivity contribution in [3.63, 3.8) is 0 Å². The lowest BCUT2D eigenvalue weighted by molar-refractivity contribution is -0.132. The minimum Gasteiger partial charge on any atom is -0.341 e. The molecule has 5 nitrogen and oxygen atoms in total. The maximum atomic E-state index is 11.9. The van der Waals surface area contributed by atoms with Gasteiger partial charge in [0.15, 0.2) is 0 Å². The van der Waals surface area contributed by atoms with Crippen LogP contribution in [0.2, 0.25) is 0 Å². The van der Waals surface area contributed by atoms with Crippen molar-refractivity contribution in [2.24, 2.45) is 5.73 Å². The van der Waals surface area contributed by atoms with Crippen LogP contribution in [0.4, 0.5) is 0 Å². The predicted molar refractivity (Wildman–Crippen MR) is 60.4 cm³/mol. The molecule has 0 unspecified atom stereocenters. The van der Waals surface area contributed by atoms with Crippen LogP contribution in [-0.2, 0) is 11.3 Å². The van der Waals surface area contributed by atoms with E-state index in [1.807, 2.05) is 0 Å². The fourth-order valence-corrected chi connectivity index (χ4v) is 1.97. The summed E-state index contributed by atoms with van der Waals surface area (Å²) in [5.74, 6) is 0.114. The molecule has 3 N–H and O–H groups in total. The number of rotatable bonds is 4. The molecule has 88 valence electrons. The zero-order valence-electron chi connectivity index (χ0n) is 9.57. The van der Waals surface area contributed by atoms with Gasteiger partial charge in [0.1, 0.15) is 0 Å². The van der Waals surface area contributed by atoms with Crippen LogP contribution in [-0.4, -0.2) is 33.6 Å². The summed E-state index contributed by atoms with van der Waals surface area (Å²) in [5.41, 5.74) is 6.82. The summed E-state index contributed by atoms with van der Waals surface area (Å²) in [4.78, 5) is 13.6. The van der Waals surface area contributed by atoms with E-state index >= 15 is 0 Å². The Morgan fingerprint density at radius 3 is 2.94 bits per heavy atom. The van der Waals surface area contributed by atoms with Gasteiger partial charge in [-0.05, 0) is 19.3 Å². The van der Waals surface area contributed by atoms with E-state index in [-0.39, 0.29) is 11.4 Å². The second-order valence-electron chi connectivity index (χ2n) is 4.75. The van der Waals surface area contributed by atoms with Crippen molar-refractivity contribution < 1.29 is 4.79 Å². The molecular formula is C11H18N4O. The Bertz CT molecular complexity index is 356. The largest absolute Gasteiger partial charge is 0.341 e. The summed E-state index contributed by atoms with van der Waals surface area (Å²) < 4.78 is 0. The number of aromatic nitrogens is 2. The molecule has 0 atom stereocenters. The van der Waals surface area contributed by atoms with Crippen LogP contribution in [0.3, 0.4) is 0 Å². The van der Waals surface area contributed by atoms with Gasteiger partial charge in [0, 0.05) is 37.3 Å². The molecule has 0 saturated heterocycles. The average Bonchev–Trinajstić information content (AvgIpc) is 2.68. The number of H-pyrrole nitrogens is 1. The van der Waals surface area contributed by atoms with Gasteiger partial charge in [-0.2, -0.15) is 5.10 Å². The topological polar surface area (TPSA) is 75.0 Å². The molecule has 0 bridgehead atoms. The highest BCUT2D eigenvalue weighted by atomic mass is 16.2. The number of carbonyl (C=O) groups excluding carboxylic acids is 1. The van der Waals surface area contributed by atoms with E-state index in [1.165, 1.54) is 0 Å². The number of nitrogens with zero attached hydrogens (tertiary/aromatic N) is 2. The Hall–Kier alpha value is -1.36. The molecule has 1 saturated carbocycles. The third-order valence-corrected chi connectivity index (χ3v) is 3.25. The Labute approximate surface area is 95.0 Å². The molecule has 1 heterocycles. The number of carbonyl (C=O) groups is 1. The highest BCUT2D eigenvalue weighted by molar-refractivity contribution is 5.77. The molecule has 0 aliphatic heterocycles. The lowest BCUT2D eigenvalue weighted by Crippen LogP contribution is -2.50. The van der Waals surface area contributed by atoms with Crippen molar-refractivity contribution in [2.45, 2.75) is 37.8 Å². The van der Waals surface area contributed by atoms with Crippen LogP contribution >= 0.6 is 0 Å². The van der Waals surface area contributed by atoms with Crippen LogP contribution < -0.4 is 5.73 Å². The minimum atomic E-state index is -0.234. The van der Waals surface area contributed by atoms with Gasteiger partial charge in [-0.25, -0.2) is 0 Å². The molecular weight excluding hydrogens is 204 g/mol. The van der Waals surface area contributed by atoms with Gasteiger partial charge in [-0.3, -0.25) is 9.89 Å². The van der Waals surface area contributed by atoms with Gasteiger partial charge < -0.3 is 10.6 Å². The number of nitrogens with two attached hydrogens (primary N) is 1. The Kier molecular flexibility index (Phi) is 2.96. The zero-order chi connectivity index (χ0) is 11.6. The molecule has 0 spiro atoms. The monoisotopic (exact) mass is 222 g/mol. The summed E-state index contributed by atoms with van der Waals surface area (Å²) in [5, 5.41) is 6.58. The van der Waals surface area contributed by atoms with Crippen LogP contribution in [0.25, 0.3) is 0 Å². The first kappa shape index (κ1) is 11.1. The first-order valence-corrected chi connectivity index (χ1v) is 5.60. The maximum Gasteiger partial charge on any atom is 0.224 e. The van der Waals surface area contributed by atoms with Gasteiger partial charge in [0.05, 0.1) is 6.20 Å². The Morgan fingerprint density at radius 2 is 2.44 bits per heavy atom. The molecule has 16 heavy (non-hydrogen) atoms. The number of hydrogen-bond donors (Lipinski definition) is 2. The number of nitrogens with one attached hydrogen (secondary N) is 1. The molecule has 1 aliphatic carbocycles. The maximum absolute atomic E-state index is 11.9. The lowest BCUT2D eigenvalue weighted by atomic mass is 9.75. The smallest absolute Gasteiger partial charge is 0.224 e. The fourth-order valence-electron chi connectivity index (χ4n) is 1.97. The van der Waals surface area contributed by atoms with Crippen molar-refractivity contribution in [3.8, 4) is 0 Å². The van der Waals surface area contributed by atoms with Crippen molar-refractivity contribution in [1.29, 1.82) is 0 Å². The third-order valence-electron chi connectivity index (χ3n) is 3.25. The molecule has 5 heteroatoms. The van der Waals surface area contributed by atoms with Crippen LogP contribution in [0.5, 0.6) is 0 Å². The Balaban J connectivity index is 1.84. The highest BCUT2D eigenvalue weighted by Crippen LogP contribution is 2.32. The molecule has 2 rings (SSSR count). The van der Waals surface area contributed by atoms with E-state index in [4.69, 9.17) is 5.73 Å². The van der Waals surface area contributed by atoms with Gasteiger partial charge in [-0.15, -0.1) is 0 Å². The number of amides is 1. The molecule has 0 radical (unpaired) electrons. The second-order valence-corrected chi connectivity index (χ2v) is 4.75. The molecule has 1 amide bonds. The summed E-state index contributed by atoms with van der Waals surface area (Å²) in [6.07, 6.45) is 7.07. The van der Waals surface area contributed by atoms with Crippen molar-refractivity contribution in [1.82, 2.24) is 15.1 Å². The molecule has 0 aromatic carbocycles. The van der Waals surface area contributed by atoms with E-state index in [0.717, 1.165) is 24.8 Å². The van der Waals surface area contributed by atoms with E-state index in [1.54, 1.807) is 24.3 Å². The zero-order valence-corrected chi connectivity index (χ0v) is 9.57. The standard InChI is InChI=1S/C11H18N4O/c1-15(8-9-6-13-14-7-9)10(16)5-11(12)3-2-4-11/h6-7H,2-5,8,12H2,1H3,(H,13,14). The summed E-state index contributed by atoms with van der Waals surface area (Å²) >= 11 is 0.